The summed E-state index contributed by atoms with van der Waals surface area (Å²) in [6.07, 6.45) is 0.319. The minimum absolute atomic E-state index is 0.103. The number of likely N-dealkylation sites (N-methyl/N-ethyl adjacent to an activating group) is 1. The number of benzene rings is 2. The molecule has 1 aliphatic carbocycles. The Morgan fingerprint density at radius 3 is 2.41 bits per heavy atom. The highest BCUT2D eigenvalue weighted by atomic mass is 16.5. The lowest BCUT2D eigenvalue weighted by molar-refractivity contribution is -0.106. The number of fused-ring (bicyclic) bond motifs is 3. The normalized spacial score (nSPS) is 25.4. The Bertz CT molecular complexity index is 1460. The van der Waals surface area contributed by atoms with E-state index in [0.717, 1.165) is 5.56 Å². The SMILES string of the molecule is COc1nc(C#N)cc2c1[C@]1(O)C[C@H](CN(C)CC(C)(C)O)[C@@H](c3ccccc3)[C@]1(c1ccc(C#N)cc1)O2. The highest BCUT2D eigenvalue weighted by Crippen LogP contribution is 2.69. The Morgan fingerprint density at radius 1 is 1.13 bits per heavy atom. The van der Waals surface area contributed by atoms with Crippen LogP contribution in [0.5, 0.6) is 11.6 Å². The molecule has 1 saturated carbocycles. The molecule has 8 heteroatoms. The van der Waals surface area contributed by atoms with Crippen molar-refractivity contribution in [2.24, 2.45) is 5.92 Å². The van der Waals surface area contributed by atoms with Crippen LogP contribution in [-0.4, -0.2) is 52.9 Å². The Morgan fingerprint density at radius 2 is 1.82 bits per heavy atom. The van der Waals surface area contributed by atoms with E-state index in [1.54, 1.807) is 32.0 Å². The van der Waals surface area contributed by atoms with Crippen molar-refractivity contribution < 1.29 is 19.7 Å². The summed E-state index contributed by atoms with van der Waals surface area (Å²) in [6.45, 7) is 4.57. The minimum Gasteiger partial charge on any atom is -0.481 e. The molecule has 3 aromatic rings. The Labute approximate surface area is 228 Å². The van der Waals surface area contributed by atoms with E-state index >= 15 is 0 Å². The van der Waals surface area contributed by atoms with E-state index in [9.17, 15) is 20.7 Å². The fourth-order valence-electron chi connectivity index (χ4n) is 6.74. The van der Waals surface area contributed by atoms with E-state index in [-0.39, 0.29) is 23.4 Å². The average Bonchev–Trinajstić information content (AvgIpc) is 3.30. The van der Waals surface area contributed by atoms with Crippen LogP contribution in [0.1, 0.15) is 54.1 Å². The highest BCUT2D eigenvalue weighted by molar-refractivity contribution is 5.59. The molecule has 39 heavy (non-hydrogen) atoms. The number of pyridine rings is 1. The van der Waals surface area contributed by atoms with Crippen LogP contribution < -0.4 is 9.47 Å². The number of aliphatic hydroxyl groups is 2. The third-order valence-corrected chi connectivity index (χ3v) is 7.83. The number of methoxy groups -OCH3 is 1. The molecule has 2 heterocycles. The van der Waals surface area contributed by atoms with Crippen LogP contribution in [0.15, 0.2) is 60.7 Å². The van der Waals surface area contributed by atoms with Gasteiger partial charge in [-0.05, 0) is 56.5 Å². The van der Waals surface area contributed by atoms with Crippen LogP contribution in [0.4, 0.5) is 0 Å². The fraction of sp³-hybridized carbons (Fsp3) is 0.387. The van der Waals surface area contributed by atoms with Crippen molar-refractivity contribution in [3.8, 4) is 23.8 Å². The second kappa shape index (κ2) is 9.66. The Kier molecular flexibility index (Phi) is 6.60. The molecule has 0 saturated heterocycles. The number of aromatic nitrogens is 1. The molecule has 2 aliphatic rings. The molecular formula is C31H32N4O4. The Balaban J connectivity index is 1.76. The molecule has 0 spiro atoms. The number of nitrogens with zero attached hydrogens (tertiary/aromatic N) is 4. The molecule has 1 fully saturated rings. The van der Waals surface area contributed by atoms with E-state index in [4.69, 9.17) is 9.47 Å². The molecule has 4 atom stereocenters. The lowest BCUT2D eigenvalue weighted by Crippen LogP contribution is -2.48. The van der Waals surface area contributed by atoms with Crippen LogP contribution >= 0.6 is 0 Å². The molecule has 0 radical (unpaired) electrons. The van der Waals surface area contributed by atoms with E-state index in [2.05, 4.69) is 22.0 Å². The van der Waals surface area contributed by atoms with Crippen molar-refractivity contribution in [2.45, 2.75) is 43.0 Å². The van der Waals surface area contributed by atoms with Crippen molar-refractivity contribution in [3.63, 3.8) is 0 Å². The van der Waals surface area contributed by atoms with Gasteiger partial charge >= 0.3 is 0 Å². The summed E-state index contributed by atoms with van der Waals surface area (Å²) in [7, 11) is 3.43. The molecule has 0 unspecified atom stereocenters. The van der Waals surface area contributed by atoms with Crippen LogP contribution in [0.25, 0.3) is 0 Å². The topological polar surface area (TPSA) is 123 Å². The van der Waals surface area contributed by atoms with E-state index in [1.165, 1.54) is 7.11 Å². The summed E-state index contributed by atoms with van der Waals surface area (Å²) in [5.74, 6) is 0.0753. The molecule has 200 valence electrons. The van der Waals surface area contributed by atoms with Gasteiger partial charge in [0.15, 0.2) is 5.60 Å². The third kappa shape index (κ3) is 4.31. The van der Waals surface area contributed by atoms with Crippen molar-refractivity contribution in [1.82, 2.24) is 9.88 Å². The van der Waals surface area contributed by atoms with Crippen molar-refractivity contribution in [2.75, 3.05) is 27.2 Å². The number of ether oxygens (including phenoxy) is 2. The molecule has 2 aromatic carbocycles. The summed E-state index contributed by atoms with van der Waals surface area (Å²) in [5.41, 5.74) is -1.02. The highest BCUT2D eigenvalue weighted by Gasteiger charge is 2.72. The predicted octanol–water partition coefficient (Wildman–Crippen LogP) is 3.82. The molecule has 1 aliphatic heterocycles. The van der Waals surface area contributed by atoms with Crippen molar-refractivity contribution in [3.05, 3.63) is 88.6 Å². The van der Waals surface area contributed by atoms with Crippen LogP contribution in [0.2, 0.25) is 0 Å². The van der Waals surface area contributed by atoms with E-state index in [1.807, 2.05) is 49.5 Å². The lowest BCUT2D eigenvalue weighted by Gasteiger charge is -2.41. The van der Waals surface area contributed by atoms with Crippen molar-refractivity contribution >= 4 is 0 Å². The molecule has 5 rings (SSSR count). The molecule has 8 nitrogen and oxygen atoms in total. The second-order valence-corrected chi connectivity index (χ2v) is 11.3. The number of nitriles is 2. The maximum Gasteiger partial charge on any atom is 0.224 e. The van der Waals surface area contributed by atoms with Gasteiger partial charge in [0, 0.05) is 25.1 Å². The second-order valence-electron chi connectivity index (χ2n) is 11.3. The molecule has 2 N–H and O–H groups in total. The monoisotopic (exact) mass is 524 g/mol. The van der Waals surface area contributed by atoms with Gasteiger partial charge in [-0.1, -0.05) is 42.5 Å². The molecule has 0 bridgehead atoms. The third-order valence-electron chi connectivity index (χ3n) is 7.83. The van der Waals surface area contributed by atoms with Crippen LogP contribution in [0, 0.1) is 28.6 Å². The summed E-state index contributed by atoms with van der Waals surface area (Å²) in [5, 5.41) is 42.4. The van der Waals surface area contributed by atoms with Gasteiger partial charge in [0.05, 0.1) is 29.9 Å². The average molecular weight is 525 g/mol. The van der Waals surface area contributed by atoms with Crippen LogP contribution in [-0.2, 0) is 11.2 Å². The van der Waals surface area contributed by atoms with Gasteiger partial charge in [-0.15, -0.1) is 0 Å². The quantitative estimate of drug-likeness (QED) is 0.478. The zero-order valence-corrected chi connectivity index (χ0v) is 22.5. The maximum atomic E-state index is 12.9. The smallest absolute Gasteiger partial charge is 0.224 e. The van der Waals surface area contributed by atoms with E-state index in [0.29, 0.717) is 42.0 Å². The maximum absolute atomic E-state index is 12.9. The summed E-state index contributed by atoms with van der Waals surface area (Å²) < 4.78 is 12.5. The molecular weight excluding hydrogens is 492 g/mol. The van der Waals surface area contributed by atoms with Gasteiger partial charge in [0.2, 0.25) is 5.88 Å². The number of rotatable bonds is 7. The lowest BCUT2D eigenvalue weighted by atomic mass is 9.71. The van der Waals surface area contributed by atoms with Crippen LogP contribution in [0.3, 0.4) is 0 Å². The first-order valence-electron chi connectivity index (χ1n) is 12.9. The van der Waals surface area contributed by atoms with Gasteiger partial charge in [-0.25, -0.2) is 4.98 Å². The first-order valence-corrected chi connectivity index (χ1v) is 12.9. The largest absolute Gasteiger partial charge is 0.481 e. The van der Waals surface area contributed by atoms with Crippen molar-refractivity contribution in [1.29, 1.82) is 10.5 Å². The fourth-order valence-corrected chi connectivity index (χ4v) is 6.74. The molecule has 1 aromatic heterocycles. The standard InChI is InChI=1S/C31H32N4O4/c1-29(2,36)19-35(3)18-22-15-30(37)27-25(14-24(17-33)34-28(27)38-4)39-31(30,23-12-10-20(16-32)11-13-23)26(22)21-8-6-5-7-9-21/h5-14,22,26,36-37H,15,18-19H2,1-4H3/t22-,26-,30-,31+/m1/s1. The summed E-state index contributed by atoms with van der Waals surface area (Å²) >= 11 is 0. The van der Waals surface area contributed by atoms with Gasteiger partial charge in [0.1, 0.15) is 23.1 Å². The zero-order chi connectivity index (χ0) is 28.0. The minimum atomic E-state index is -1.57. The van der Waals surface area contributed by atoms with Gasteiger partial charge in [0.25, 0.3) is 0 Å². The van der Waals surface area contributed by atoms with Gasteiger partial charge in [-0.3, -0.25) is 0 Å². The first kappa shape index (κ1) is 26.6. The summed E-state index contributed by atoms with van der Waals surface area (Å²) in [4.78, 5) is 6.44. The molecule has 0 amide bonds. The van der Waals surface area contributed by atoms with E-state index < -0.39 is 16.8 Å². The van der Waals surface area contributed by atoms with Gasteiger partial charge < -0.3 is 24.6 Å². The Hall–Kier alpha value is -3.95. The predicted molar refractivity (Wildman–Crippen MR) is 144 cm³/mol. The number of hydrogen-bond donors (Lipinski definition) is 2. The summed E-state index contributed by atoms with van der Waals surface area (Å²) in [6, 6.07) is 22.8. The van der Waals surface area contributed by atoms with Gasteiger partial charge in [-0.2, -0.15) is 10.5 Å². The zero-order valence-electron chi connectivity index (χ0n) is 22.5. The first-order chi connectivity index (χ1) is 18.6. The number of hydrogen-bond acceptors (Lipinski definition) is 8.